The second-order valence-electron chi connectivity index (χ2n) is 2.85. The maximum absolute atomic E-state index is 13.0. The predicted octanol–water partition coefficient (Wildman–Crippen LogP) is 2.35. The molecule has 4 heteroatoms. The first-order valence-corrected chi connectivity index (χ1v) is 4.34. The van der Waals surface area contributed by atoms with Crippen LogP contribution in [-0.2, 0) is 4.74 Å². The molecule has 0 unspecified atom stereocenters. The molecule has 0 aliphatic carbocycles. The second-order valence-corrected chi connectivity index (χ2v) is 2.85. The van der Waals surface area contributed by atoms with Crippen LogP contribution in [0.15, 0.2) is 18.2 Å². The van der Waals surface area contributed by atoms with Crippen molar-refractivity contribution < 1.29 is 19.0 Å². The largest absolute Gasteiger partial charge is 0.504 e. The lowest BCUT2D eigenvalue weighted by atomic mass is 10.1. The van der Waals surface area contributed by atoms with E-state index in [-0.39, 0.29) is 11.1 Å². The van der Waals surface area contributed by atoms with Crippen LogP contribution in [0.2, 0.25) is 0 Å². The van der Waals surface area contributed by atoms with Gasteiger partial charge in [-0.2, -0.15) is 0 Å². The minimum atomic E-state index is -0.768. The van der Waals surface area contributed by atoms with Crippen molar-refractivity contribution >= 4 is 12.0 Å². The molecule has 0 aliphatic heterocycles. The van der Waals surface area contributed by atoms with E-state index in [4.69, 9.17) is 0 Å². The molecule has 1 rings (SSSR count). The molecule has 0 saturated carbocycles. The summed E-state index contributed by atoms with van der Waals surface area (Å²) < 4.78 is 17.5. The summed E-state index contributed by atoms with van der Waals surface area (Å²) in [7, 11) is 1.22. The third-order valence-electron chi connectivity index (χ3n) is 1.91. The SMILES string of the molecule is C/C=C/c1c(C(=O)OC)ccc(F)c1O. The number of carbonyl (C=O) groups is 1. The number of ether oxygens (including phenoxy) is 1. The molecule has 0 radical (unpaired) electrons. The molecule has 1 aromatic rings. The van der Waals surface area contributed by atoms with Crippen molar-refractivity contribution in [3.05, 3.63) is 35.2 Å². The van der Waals surface area contributed by atoms with E-state index < -0.39 is 17.5 Å². The summed E-state index contributed by atoms with van der Waals surface area (Å²) in [6.07, 6.45) is 3.05. The lowest BCUT2D eigenvalue weighted by Crippen LogP contribution is -2.04. The average Bonchev–Trinajstić information content (AvgIpc) is 2.24. The molecule has 80 valence electrons. The van der Waals surface area contributed by atoms with E-state index in [1.165, 1.54) is 19.3 Å². The van der Waals surface area contributed by atoms with Crippen LogP contribution in [0.5, 0.6) is 5.75 Å². The monoisotopic (exact) mass is 210 g/mol. The fourth-order valence-electron chi connectivity index (χ4n) is 1.20. The van der Waals surface area contributed by atoms with E-state index in [1.54, 1.807) is 13.0 Å². The van der Waals surface area contributed by atoms with Gasteiger partial charge in [-0.1, -0.05) is 12.2 Å². The van der Waals surface area contributed by atoms with Crippen LogP contribution >= 0.6 is 0 Å². The zero-order chi connectivity index (χ0) is 11.4. The summed E-state index contributed by atoms with van der Waals surface area (Å²) in [5, 5.41) is 9.42. The third kappa shape index (κ3) is 2.15. The lowest BCUT2D eigenvalue weighted by Gasteiger charge is -2.06. The molecule has 3 nitrogen and oxygen atoms in total. The fourth-order valence-corrected chi connectivity index (χ4v) is 1.20. The van der Waals surface area contributed by atoms with Crippen molar-refractivity contribution in [1.82, 2.24) is 0 Å². The summed E-state index contributed by atoms with van der Waals surface area (Å²) in [4.78, 5) is 11.3. The highest BCUT2D eigenvalue weighted by Crippen LogP contribution is 2.26. The van der Waals surface area contributed by atoms with E-state index in [0.717, 1.165) is 6.07 Å². The van der Waals surface area contributed by atoms with Gasteiger partial charge in [0.2, 0.25) is 0 Å². The number of methoxy groups -OCH3 is 1. The Hall–Kier alpha value is -1.84. The highest BCUT2D eigenvalue weighted by molar-refractivity contribution is 5.94. The van der Waals surface area contributed by atoms with E-state index in [9.17, 15) is 14.3 Å². The molecular formula is C11H11FO3. The number of carbonyl (C=O) groups excluding carboxylic acids is 1. The summed E-state index contributed by atoms with van der Waals surface area (Å²) in [6.45, 7) is 1.70. The third-order valence-corrected chi connectivity index (χ3v) is 1.91. The number of allylic oxidation sites excluding steroid dienone is 1. The molecule has 15 heavy (non-hydrogen) atoms. The van der Waals surface area contributed by atoms with Crippen molar-refractivity contribution in [1.29, 1.82) is 0 Å². The van der Waals surface area contributed by atoms with Crippen LogP contribution in [0.3, 0.4) is 0 Å². The van der Waals surface area contributed by atoms with Crippen LogP contribution in [-0.4, -0.2) is 18.2 Å². The molecule has 0 atom stereocenters. The molecule has 0 aromatic heterocycles. The Kier molecular flexibility index (Phi) is 3.44. The Morgan fingerprint density at radius 1 is 1.53 bits per heavy atom. The lowest BCUT2D eigenvalue weighted by molar-refractivity contribution is 0.0600. The van der Waals surface area contributed by atoms with Gasteiger partial charge in [0.25, 0.3) is 0 Å². The number of benzene rings is 1. The van der Waals surface area contributed by atoms with Gasteiger partial charge < -0.3 is 9.84 Å². The van der Waals surface area contributed by atoms with Gasteiger partial charge in [0.15, 0.2) is 11.6 Å². The molecule has 1 aromatic carbocycles. The van der Waals surface area contributed by atoms with Crippen LogP contribution in [0.4, 0.5) is 4.39 Å². The predicted molar refractivity (Wildman–Crippen MR) is 54.1 cm³/mol. The second kappa shape index (κ2) is 4.59. The van der Waals surface area contributed by atoms with E-state index in [2.05, 4.69) is 4.74 Å². The summed E-state index contributed by atoms with van der Waals surface area (Å²) in [6, 6.07) is 2.30. The molecule has 1 N–H and O–H groups in total. The first-order chi connectivity index (χ1) is 7.11. The smallest absolute Gasteiger partial charge is 0.338 e. The molecule has 0 aliphatic rings. The standard InChI is InChI=1S/C11H11FO3/c1-3-4-7-8(11(14)15-2)5-6-9(12)10(7)13/h3-6,13H,1-2H3/b4-3+. The van der Waals surface area contributed by atoms with Gasteiger partial charge in [0.1, 0.15) is 0 Å². The topological polar surface area (TPSA) is 46.5 Å². The van der Waals surface area contributed by atoms with Crippen LogP contribution in [0.25, 0.3) is 6.08 Å². The molecule has 0 spiro atoms. The number of hydrogen-bond acceptors (Lipinski definition) is 3. The fraction of sp³-hybridized carbons (Fsp3) is 0.182. The van der Waals surface area contributed by atoms with Crippen molar-refractivity contribution in [2.75, 3.05) is 7.11 Å². The number of hydrogen-bond donors (Lipinski definition) is 1. The number of phenols is 1. The Labute approximate surface area is 86.8 Å². The van der Waals surface area contributed by atoms with E-state index in [0.29, 0.717) is 0 Å². The number of rotatable bonds is 2. The first-order valence-electron chi connectivity index (χ1n) is 4.34. The van der Waals surface area contributed by atoms with Gasteiger partial charge in [0, 0.05) is 5.56 Å². The van der Waals surface area contributed by atoms with Gasteiger partial charge in [-0.25, -0.2) is 9.18 Å². The highest BCUT2D eigenvalue weighted by Gasteiger charge is 2.16. The zero-order valence-corrected chi connectivity index (χ0v) is 8.45. The Bertz CT molecular complexity index is 411. The maximum Gasteiger partial charge on any atom is 0.338 e. The summed E-state index contributed by atoms with van der Waals surface area (Å²) >= 11 is 0. The normalized spacial score (nSPS) is 10.6. The van der Waals surface area contributed by atoms with E-state index in [1.807, 2.05) is 0 Å². The number of halogens is 1. The van der Waals surface area contributed by atoms with Gasteiger partial charge in [-0.05, 0) is 19.1 Å². The Morgan fingerprint density at radius 2 is 2.20 bits per heavy atom. The van der Waals surface area contributed by atoms with Crippen LogP contribution in [0, 0.1) is 5.82 Å². The van der Waals surface area contributed by atoms with Crippen molar-refractivity contribution in [3.8, 4) is 5.75 Å². The molecule has 0 amide bonds. The molecule has 0 bridgehead atoms. The van der Waals surface area contributed by atoms with Crippen molar-refractivity contribution in [2.45, 2.75) is 6.92 Å². The molecule has 0 fully saturated rings. The number of aromatic hydroxyl groups is 1. The molecular weight excluding hydrogens is 199 g/mol. The molecule has 0 heterocycles. The average molecular weight is 210 g/mol. The van der Waals surface area contributed by atoms with Gasteiger partial charge in [-0.15, -0.1) is 0 Å². The Morgan fingerprint density at radius 3 is 2.73 bits per heavy atom. The maximum atomic E-state index is 13.0. The minimum Gasteiger partial charge on any atom is -0.504 e. The van der Waals surface area contributed by atoms with E-state index >= 15 is 0 Å². The number of phenolic OH excluding ortho intramolecular Hbond substituents is 1. The van der Waals surface area contributed by atoms with Crippen molar-refractivity contribution in [2.24, 2.45) is 0 Å². The first kappa shape index (κ1) is 11.2. The van der Waals surface area contributed by atoms with Crippen LogP contribution in [0.1, 0.15) is 22.8 Å². The summed E-state index contributed by atoms with van der Waals surface area (Å²) in [5.74, 6) is -1.93. The van der Waals surface area contributed by atoms with Crippen molar-refractivity contribution in [3.63, 3.8) is 0 Å². The summed E-state index contributed by atoms with van der Waals surface area (Å²) in [5.41, 5.74) is 0.263. The quantitative estimate of drug-likeness (QED) is 0.762. The Balaban J connectivity index is 3.39. The van der Waals surface area contributed by atoms with Gasteiger partial charge in [-0.3, -0.25) is 0 Å². The van der Waals surface area contributed by atoms with Gasteiger partial charge >= 0.3 is 5.97 Å². The molecule has 0 saturated heterocycles. The minimum absolute atomic E-state index is 0.129. The number of esters is 1. The van der Waals surface area contributed by atoms with Crippen LogP contribution < -0.4 is 0 Å². The highest BCUT2D eigenvalue weighted by atomic mass is 19.1. The zero-order valence-electron chi connectivity index (χ0n) is 8.45. The van der Waals surface area contributed by atoms with Gasteiger partial charge in [0.05, 0.1) is 12.7 Å².